The Labute approximate surface area is 118 Å². The zero-order valence-electron chi connectivity index (χ0n) is 11.5. The fraction of sp³-hybridized carbons (Fsp3) is 0.562. The van der Waals surface area contributed by atoms with Crippen LogP contribution in [0.2, 0.25) is 0 Å². The largest absolute Gasteiger partial charge is 0.454 e. The van der Waals surface area contributed by atoms with Gasteiger partial charge in [-0.25, -0.2) is 0 Å². The molecule has 4 heteroatoms. The second-order valence-corrected chi connectivity index (χ2v) is 6.10. The Morgan fingerprint density at radius 1 is 1.15 bits per heavy atom. The van der Waals surface area contributed by atoms with Gasteiger partial charge in [-0.3, -0.25) is 4.79 Å². The molecular weight excluding hydrogens is 254 g/mol. The van der Waals surface area contributed by atoms with Crippen molar-refractivity contribution in [2.75, 3.05) is 6.79 Å². The number of hydrogen-bond acceptors (Lipinski definition) is 3. The van der Waals surface area contributed by atoms with Crippen molar-refractivity contribution in [3.8, 4) is 11.5 Å². The second kappa shape index (κ2) is 4.40. The minimum absolute atomic E-state index is 0.197. The van der Waals surface area contributed by atoms with Gasteiger partial charge in [0.05, 0.1) is 5.41 Å². The number of ether oxygens (including phenoxy) is 2. The van der Waals surface area contributed by atoms with Crippen LogP contribution in [0.1, 0.15) is 44.1 Å². The zero-order chi connectivity index (χ0) is 13.6. The summed E-state index contributed by atoms with van der Waals surface area (Å²) in [6, 6.07) is 6.28. The molecule has 20 heavy (non-hydrogen) atoms. The van der Waals surface area contributed by atoms with E-state index in [1.807, 2.05) is 18.2 Å². The van der Waals surface area contributed by atoms with Crippen LogP contribution in [-0.4, -0.2) is 18.7 Å². The van der Waals surface area contributed by atoms with Gasteiger partial charge in [0.2, 0.25) is 12.7 Å². The summed E-state index contributed by atoms with van der Waals surface area (Å²) in [5, 5.41) is 3.24. The van der Waals surface area contributed by atoms with Crippen LogP contribution in [0.3, 0.4) is 0 Å². The molecule has 1 heterocycles. The Hall–Kier alpha value is -1.71. The maximum atomic E-state index is 12.6. The summed E-state index contributed by atoms with van der Waals surface area (Å²) in [5.74, 6) is 1.74. The van der Waals surface area contributed by atoms with Gasteiger partial charge >= 0.3 is 0 Å². The average Bonchev–Trinajstić information content (AvgIpc) is 2.89. The van der Waals surface area contributed by atoms with Crippen molar-refractivity contribution in [1.82, 2.24) is 5.32 Å². The fourth-order valence-electron chi connectivity index (χ4n) is 3.36. The summed E-state index contributed by atoms with van der Waals surface area (Å²) in [5.41, 5.74) is 0.751. The number of carbonyl (C=O) groups excluding carboxylic acids is 1. The van der Waals surface area contributed by atoms with Gasteiger partial charge in [0.1, 0.15) is 0 Å². The first kappa shape index (κ1) is 12.1. The van der Waals surface area contributed by atoms with Crippen LogP contribution in [0.5, 0.6) is 11.5 Å². The number of hydrogen-bond donors (Lipinski definition) is 1. The number of benzene rings is 1. The molecule has 0 bridgehead atoms. The van der Waals surface area contributed by atoms with Gasteiger partial charge in [0, 0.05) is 6.04 Å². The first-order valence-electron chi connectivity index (χ1n) is 7.49. The molecule has 106 valence electrons. The van der Waals surface area contributed by atoms with E-state index in [1.54, 1.807) is 0 Å². The van der Waals surface area contributed by atoms with E-state index in [9.17, 15) is 4.79 Å². The predicted molar refractivity (Wildman–Crippen MR) is 73.9 cm³/mol. The normalized spacial score (nSPS) is 22.8. The molecule has 1 aliphatic heterocycles. The van der Waals surface area contributed by atoms with Crippen molar-refractivity contribution < 1.29 is 14.3 Å². The van der Waals surface area contributed by atoms with E-state index < -0.39 is 0 Å². The van der Waals surface area contributed by atoms with Gasteiger partial charge in [-0.1, -0.05) is 18.9 Å². The highest BCUT2D eigenvalue weighted by atomic mass is 16.7. The van der Waals surface area contributed by atoms with Gasteiger partial charge < -0.3 is 14.8 Å². The second-order valence-electron chi connectivity index (χ2n) is 6.10. The molecule has 4 nitrogen and oxygen atoms in total. The van der Waals surface area contributed by atoms with Crippen LogP contribution < -0.4 is 14.8 Å². The van der Waals surface area contributed by atoms with E-state index in [2.05, 4.69) is 5.32 Å². The lowest BCUT2D eigenvalue weighted by atomic mass is 9.94. The average molecular weight is 273 g/mol. The highest BCUT2D eigenvalue weighted by molar-refractivity contribution is 5.91. The van der Waals surface area contributed by atoms with E-state index in [1.165, 1.54) is 12.8 Å². The Kier molecular flexibility index (Phi) is 2.65. The van der Waals surface area contributed by atoms with Gasteiger partial charge in [0.15, 0.2) is 11.5 Å². The molecule has 0 atom stereocenters. The van der Waals surface area contributed by atoms with E-state index in [4.69, 9.17) is 9.47 Å². The molecule has 2 aliphatic carbocycles. The number of rotatable bonds is 3. The Balaban J connectivity index is 1.55. The van der Waals surface area contributed by atoms with Crippen molar-refractivity contribution in [2.24, 2.45) is 0 Å². The van der Waals surface area contributed by atoms with E-state index in [0.29, 0.717) is 6.04 Å². The molecule has 0 radical (unpaired) electrons. The highest BCUT2D eigenvalue weighted by Crippen LogP contribution is 2.50. The monoisotopic (exact) mass is 273 g/mol. The molecule has 0 aromatic heterocycles. The van der Waals surface area contributed by atoms with Gasteiger partial charge in [-0.15, -0.1) is 0 Å². The summed E-state index contributed by atoms with van der Waals surface area (Å²) in [6.07, 6.45) is 6.60. The predicted octanol–water partition coefficient (Wildman–Crippen LogP) is 2.51. The van der Waals surface area contributed by atoms with E-state index >= 15 is 0 Å². The van der Waals surface area contributed by atoms with Crippen LogP contribution in [-0.2, 0) is 10.2 Å². The summed E-state index contributed by atoms with van der Waals surface area (Å²) in [7, 11) is 0. The van der Waals surface area contributed by atoms with Crippen LogP contribution in [0.4, 0.5) is 0 Å². The fourth-order valence-corrected chi connectivity index (χ4v) is 3.36. The maximum Gasteiger partial charge on any atom is 0.231 e. The molecular formula is C16H19NO3. The zero-order valence-corrected chi connectivity index (χ0v) is 11.5. The summed E-state index contributed by atoms with van der Waals surface area (Å²) >= 11 is 0. The third-order valence-electron chi connectivity index (χ3n) is 4.80. The van der Waals surface area contributed by atoms with Crippen molar-refractivity contribution in [2.45, 2.75) is 50.0 Å². The Morgan fingerprint density at radius 3 is 2.65 bits per heavy atom. The lowest BCUT2D eigenvalue weighted by Crippen LogP contribution is -2.40. The summed E-state index contributed by atoms with van der Waals surface area (Å²) < 4.78 is 10.8. The third-order valence-corrected chi connectivity index (χ3v) is 4.80. The van der Waals surface area contributed by atoms with Crippen LogP contribution in [0.25, 0.3) is 0 Å². The molecule has 0 spiro atoms. The SMILES string of the molecule is O=C(NC1CCCC1)C1(c2ccc3c(c2)OCO3)CC1. The first-order valence-corrected chi connectivity index (χ1v) is 7.49. The van der Waals surface area contributed by atoms with Crippen LogP contribution in [0, 0.1) is 0 Å². The molecule has 1 N–H and O–H groups in total. The van der Waals surface area contributed by atoms with Gasteiger partial charge in [0.25, 0.3) is 0 Å². The molecule has 0 saturated heterocycles. The third kappa shape index (κ3) is 1.86. The molecule has 1 amide bonds. The van der Waals surface area contributed by atoms with Crippen molar-refractivity contribution >= 4 is 5.91 Å². The number of amides is 1. The van der Waals surface area contributed by atoms with Crippen LogP contribution in [0.15, 0.2) is 18.2 Å². The quantitative estimate of drug-likeness (QED) is 0.920. The molecule has 1 aromatic rings. The molecule has 4 rings (SSSR count). The van der Waals surface area contributed by atoms with Crippen molar-refractivity contribution in [3.63, 3.8) is 0 Å². The maximum absolute atomic E-state index is 12.6. The van der Waals surface area contributed by atoms with E-state index in [-0.39, 0.29) is 18.1 Å². The van der Waals surface area contributed by atoms with Gasteiger partial charge in [-0.2, -0.15) is 0 Å². The molecule has 2 saturated carbocycles. The standard InChI is InChI=1S/C16H19NO3/c18-15(17-12-3-1-2-4-12)16(7-8-16)11-5-6-13-14(9-11)20-10-19-13/h5-6,9,12H,1-4,7-8,10H2,(H,17,18). The van der Waals surface area contributed by atoms with E-state index in [0.717, 1.165) is 42.7 Å². The number of carbonyl (C=O) groups is 1. The Bertz CT molecular complexity index is 545. The lowest BCUT2D eigenvalue weighted by molar-refractivity contribution is -0.124. The van der Waals surface area contributed by atoms with Crippen LogP contribution >= 0.6 is 0 Å². The molecule has 0 unspecified atom stereocenters. The molecule has 2 fully saturated rings. The van der Waals surface area contributed by atoms with Crippen molar-refractivity contribution in [1.29, 1.82) is 0 Å². The summed E-state index contributed by atoms with van der Waals surface area (Å²) in [6.45, 7) is 0.278. The van der Waals surface area contributed by atoms with Crippen molar-refractivity contribution in [3.05, 3.63) is 23.8 Å². The number of nitrogens with one attached hydrogen (secondary N) is 1. The Morgan fingerprint density at radius 2 is 1.90 bits per heavy atom. The summed E-state index contributed by atoms with van der Waals surface area (Å²) in [4.78, 5) is 12.6. The minimum Gasteiger partial charge on any atom is -0.454 e. The lowest BCUT2D eigenvalue weighted by Gasteiger charge is -2.19. The molecule has 1 aromatic carbocycles. The topological polar surface area (TPSA) is 47.6 Å². The first-order chi connectivity index (χ1) is 9.78. The highest BCUT2D eigenvalue weighted by Gasteiger charge is 2.52. The number of fused-ring (bicyclic) bond motifs is 1. The van der Waals surface area contributed by atoms with Gasteiger partial charge in [-0.05, 0) is 43.4 Å². The smallest absolute Gasteiger partial charge is 0.231 e. The minimum atomic E-state index is -0.316. The molecule has 3 aliphatic rings.